The number of carbonyl (C=O) groups is 3. The number of benzene rings is 2. The van der Waals surface area contributed by atoms with Gasteiger partial charge in [0, 0.05) is 24.7 Å². The van der Waals surface area contributed by atoms with Crippen LogP contribution < -0.4 is 20.9 Å². The predicted octanol–water partition coefficient (Wildman–Crippen LogP) is 3.12. The molecule has 1 fully saturated rings. The molecule has 47 heavy (non-hydrogen) atoms. The van der Waals surface area contributed by atoms with Gasteiger partial charge in [-0.15, -0.1) is 0 Å². The summed E-state index contributed by atoms with van der Waals surface area (Å²) in [5, 5.41) is 1.52. The van der Waals surface area contributed by atoms with Crippen LogP contribution in [0.1, 0.15) is 54.9 Å². The van der Waals surface area contributed by atoms with E-state index in [2.05, 4.69) is 9.71 Å². The smallest absolute Gasteiger partial charge is 0.322 e. The van der Waals surface area contributed by atoms with Crippen molar-refractivity contribution < 1.29 is 32.3 Å². The topological polar surface area (TPSA) is 184 Å². The molecule has 1 amide bonds. The quantitative estimate of drug-likeness (QED) is 0.181. The Labute approximate surface area is 276 Å². The summed E-state index contributed by atoms with van der Waals surface area (Å²) in [5.41, 5.74) is 14.4. The number of piperidine rings is 1. The number of amides is 1. The average molecular weight is 668 g/mol. The van der Waals surface area contributed by atoms with E-state index in [9.17, 15) is 22.8 Å². The van der Waals surface area contributed by atoms with Crippen molar-refractivity contribution in [2.45, 2.75) is 76.8 Å². The largest absolute Gasteiger partial charge is 0.496 e. The Morgan fingerprint density at radius 1 is 1.04 bits per heavy atom. The van der Waals surface area contributed by atoms with Gasteiger partial charge in [0.15, 0.2) is 5.78 Å². The van der Waals surface area contributed by atoms with E-state index in [0.29, 0.717) is 46.9 Å². The fourth-order valence-electron chi connectivity index (χ4n) is 6.22. The molecule has 2 heterocycles. The van der Waals surface area contributed by atoms with E-state index in [1.807, 2.05) is 6.07 Å². The number of hydrogen-bond donors (Lipinski definition) is 3. The number of nitrogens with two attached hydrogens (primary N) is 2. The minimum atomic E-state index is -4.37. The van der Waals surface area contributed by atoms with Gasteiger partial charge in [0.25, 0.3) is 0 Å². The van der Waals surface area contributed by atoms with E-state index >= 15 is 0 Å². The van der Waals surface area contributed by atoms with Crippen LogP contribution in [0, 0.1) is 26.7 Å². The van der Waals surface area contributed by atoms with Crippen LogP contribution in [0.3, 0.4) is 0 Å². The van der Waals surface area contributed by atoms with Gasteiger partial charge in [0.2, 0.25) is 15.9 Å². The van der Waals surface area contributed by atoms with Gasteiger partial charge < -0.3 is 25.8 Å². The lowest BCUT2D eigenvalue weighted by atomic mass is 9.87. The number of nitrogens with one attached hydrogen (secondary N) is 1. The van der Waals surface area contributed by atoms with Gasteiger partial charge in [0.05, 0.1) is 24.7 Å². The molecule has 2 unspecified atom stereocenters. The maximum Gasteiger partial charge on any atom is 0.322 e. The maximum absolute atomic E-state index is 14.6. The Bertz CT molecular complexity index is 1760. The highest BCUT2D eigenvalue weighted by atomic mass is 32.2. The van der Waals surface area contributed by atoms with Crippen LogP contribution in [-0.2, 0) is 35.6 Å². The lowest BCUT2D eigenvalue weighted by Gasteiger charge is -2.32. The number of aromatic nitrogens is 1. The molecule has 0 spiro atoms. The molecular weight excluding hydrogens is 622 g/mol. The highest BCUT2D eigenvalue weighted by molar-refractivity contribution is 7.89. The van der Waals surface area contributed by atoms with Gasteiger partial charge in [-0.3, -0.25) is 14.4 Å². The summed E-state index contributed by atoms with van der Waals surface area (Å²) < 4.78 is 41.2. The SMILES string of the molecule is CCOC(=O)C(N)C[C@H](NS(=O)(=O)c1c(C)cc(OC)c(C)c1C)C(=O)C(Cc1ccc2c(N)nccc2c1)C(=O)N1CCCCC1. The highest BCUT2D eigenvalue weighted by Crippen LogP contribution is 2.31. The van der Waals surface area contributed by atoms with E-state index in [-0.39, 0.29) is 17.9 Å². The fraction of sp³-hybridized carbons (Fsp3) is 0.471. The third kappa shape index (κ3) is 8.09. The zero-order valence-electron chi connectivity index (χ0n) is 27.7. The van der Waals surface area contributed by atoms with Gasteiger partial charge in [-0.25, -0.2) is 18.1 Å². The van der Waals surface area contributed by atoms with E-state index in [0.717, 1.165) is 30.0 Å². The van der Waals surface area contributed by atoms with E-state index in [1.165, 1.54) is 7.11 Å². The zero-order chi connectivity index (χ0) is 34.5. The zero-order valence-corrected chi connectivity index (χ0v) is 28.5. The van der Waals surface area contributed by atoms with E-state index < -0.39 is 52.1 Å². The second kappa shape index (κ2) is 15.2. The van der Waals surface area contributed by atoms with Crippen molar-refractivity contribution in [1.82, 2.24) is 14.6 Å². The fourth-order valence-corrected chi connectivity index (χ4v) is 7.96. The molecule has 13 heteroatoms. The molecule has 4 rings (SSSR count). The number of nitrogen functional groups attached to an aromatic ring is 1. The Hall–Kier alpha value is -4.07. The average Bonchev–Trinajstić information content (AvgIpc) is 3.04. The molecule has 1 aromatic heterocycles. The number of carbonyl (C=O) groups excluding carboxylic acids is 3. The number of anilines is 1. The first-order chi connectivity index (χ1) is 22.3. The molecule has 1 saturated heterocycles. The summed E-state index contributed by atoms with van der Waals surface area (Å²) in [7, 11) is -2.87. The summed E-state index contributed by atoms with van der Waals surface area (Å²) in [4.78, 5) is 47.1. The molecule has 0 aliphatic carbocycles. The Balaban J connectivity index is 1.78. The molecule has 2 aromatic carbocycles. The number of ether oxygens (including phenoxy) is 2. The monoisotopic (exact) mass is 667 g/mol. The second-order valence-corrected chi connectivity index (χ2v) is 13.7. The van der Waals surface area contributed by atoms with E-state index in [1.54, 1.807) is 63.1 Å². The van der Waals surface area contributed by atoms with Crippen molar-refractivity contribution in [2.24, 2.45) is 11.7 Å². The summed E-state index contributed by atoms with van der Waals surface area (Å²) >= 11 is 0. The van der Waals surface area contributed by atoms with Crippen LogP contribution in [0.15, 0.2) is 41.4 Å². The summed E-state index contributed by atoms with van der Waals surface area (Å²) in [6.07, 6.45) is 3.74. The van der Waals surface area contributed by atoms with Gasteiger partial charge in [0.1, 0.15) is 23.5 Å². The number of pyridine rings is 1. The van der Waals surface area contributed by atoms with Crippen LogP contribution in [-0.4, -0.2) is 74.9 Å². The number of ketones is 1. The number of hydrogen-bond acceptors (Lipinski definition) is 10. The van der Waals surface area contributed by atoms with Gasteiger partial charge in [-0.1, -0.05) is 18.2 Å². The normalized spacial score (nSPS) is 15.6. The summed E-state index contributed by atoms with van der Waals surface area (Å²) in [5.74, 6) is -2.24. The maximum atomic E-state index is 14.6. The van der Waals surface area contributed by atoms with Crippen LogP contribution >= 0.6 is 0 Å². The number of aryl methyl sites for hydroxylation is 1. The van der Waals surface area contributed by atoms with Crippen LogP contribution in [0.4, 0.5) is 5.82 Å². The van der Waals surface area contributed by atoms with E-state index in [4.69, 9.17) is 20.9 Å². The van der Waals surface area contributed by atoms with Gasteiger partial charge in [-0.2, -0.15) is 0 Å². The summed E-state index contributed by atoms with van der Waals surface area (Å²) in [6.45, 7) is 7.69. The minimum absolute atomic E-state index is 0.00109. The molecule has 0 saturated carbocycles. The number of Topliss-reactive ketones (excluding diaryl/α,β-unsaturated/α-hetero) is 1. The second-order valence-electron chi connectivity index (χ2n) is 12.0. The van der Waals surface area contributed by atoms with Crippen molar-refractivity contribution in [3.63, 3.8) is 0 Å². The number of likely N-dealkylation sites (tertiary alicyclic amines) is 1. The molecule has 1 aliphatic rings. The van der Waals surface area contributed by atoms with Crippen molar-refractivity contribution in [1.29, 1.82) is 0 Å². The summed E-state index contributed by atoms with van der Waals surface area (Å²) in [6, 6.07) is 5.97. The molecular formula is C34H45N5O7S. The number of esters is 1. The molecule has 5 N–H and O–H groups in total. The minimum Gasteiger partial charge on any atom is -0.496 e. The standard InChI is InChI=1S/C34H45N5O7S/c1-6-46-34(42)27(35)19-28(38-47(43,44)31-20(2)16-29(45-5)21(3)22(31)4)30(40)26(33(41)39-14-8-7-9-15-39)18-23-10-11-25-24(17-23)12-13-37-32(25)36/h10-13,16-17,26-28,38H,6-9,14-15,18-19,35H2,1-5H3,(H2,36,37)/t26?,27?,28-/m0/s1. The highest BCUT2D eigenvalue weighted by Gasteiger charge is 2.40. The lowest BCUT2D eigenvalue weighted by Crippen LogP contribution is -2.52. The van der Waals surface area contributed by atoms with Crippen molar-refractivity contribution in [2.75, 3.05) is 32.5 Å². The Morgan fingerprint density at radius 3 is 2.40 bits per heavy atom. The van der Waals surface area contributed by atoms with Crippen molar-refractivity contribution in [3.05, 3.63) is 58.8 Å². The van der Waals surface area contributed by atoms with Crippen LogP contribution in [0.2, 0.25) is 0 Å². The Kier molecular flexibility index (Phi) is 11.6. The lowest BCUT2D eigenvalue weighted by molar-refractivity contribution is -0.145. The van der Waals surface area contributed by atoms with Gasteiger partial charge >= 0.3 is 5.97 Å². The molecule has 12 nitrogen and oxygen atoms in total. The number of sulfonamides is 1. The van der Waals surface area contributed by atoms with Crippen LogP contribution in [0.25, 0.3) is 10.8 Å². The molecule has 254 valence electrons. The molecule has 0 bridgehead atoms. The van der Waals surface area contributed by atoms with Crippen LogP contribution in [0.5, 0.6) is 5.75 Å². The first-order valence-corrected chi connectivity index (χ1v) is 17.3. The molecule has 0 radical (unpaired) electrons. The molecule has 3 atom stereocenters. The Morgan fingerprint density at radius 2 is 1.74 bits per heavy atom. The third-order valence-corrected chi connectivity index (χ3v) is 10.6. The number of rotatable bonds is 13. The van der Waals surface area contributed by atoms with Crippen molar-refractivity contribution >= 4 is 44.3 Å². The molecule has 3 aromatic rings. The number of fused-ring (bicyclic) bond motifs is 1. The third-order valence-electron chi connectivity index (χ3n) is 8.80. The van der Waals surface area contributed by atoms with Crippen molar-refractivity contribution in [3.8, 4) is 5.75 Å². The first kappa shape index (κ1) is 35.8. The molecule has 1 aliphatic heterocycles. The number of methoxy groups -OCH3 is 1. The number of nitrogens with zero attached hydrogens (tertiary/aromatic N) is 2. The first-order valence-electron chi connectivity index (χ1n) is 15.8. The predicted molar refractivity (Wildman–Crippen MR) is 179 cm³/mol. The van der Waals surface area contributed by atoms with Gasteiger partial charge in [-0.05, 0) is 99.6 Å².